The van der Waals surface area contributed by atoms with Gasteiger partial charge < -0.3 is 10.2 Å². The van der Waals surface area contributed by atoms with Crippen LogP contribution in [0.1, 0.15) is 6.92 Å². The third-order valence-corrected chi connectivity index (χ3v) is 4.75. The Kier molecular flexibility index (Phi) is 3.24. The lowest BCUT2D eigenvalue weighted by Gasteiger charge is -2.34. The second-order valence-corrected chi connectivity index (χ2v) is 6.52. The van der Waals surface area contributed by atoms with Crippen LogP contribution in [0.2, 0.25) is 0 Å². The van der Waals surface area contributed by atoms with Gasteiger partial charge in [-0.05, 0) is 19.1 Å². The van der Waals surface area contributed by atoms with E-state index in [0.29, 0.717) is 6.54 Å². The Morgan fingerprint density at radius 2 is 2.24 bits per heavy atom. The van der Waals surface area contributed by atoms with E-state index in [9.17, 15) is 8.42 Å². The zero-order chi connectivity index (χ0) is 12.5. The maximum Gasteiger partial charge on any atom is 0.154 e. The molecule has 17 heavy (non-hydrogen) atoms. The summed E-state index contributed by atoms with van der Waals surface area (Å²) in [5.74, 6) is 2.05. The standard InChI is InChI=1S/C11H17N3O2S/c1-9-8-17(15,16)7-6-14(9)11-5-3-4-10(12-2)13-11/h3-5,9H,6-8H2,1-2H3,(H,12,13). The number of pyridine rings is 1. The smallest absolute Gasteiger partial charge is 0.154 e. The number of aromatic nitrogens is 1. The molecule has 0 aromatic carbocycles. The molecular formula is C11H17N3O2S. The molecule has 1 fully saturated rings. The van der Waals surface area contributed by atoms with Crippen molar-refractivity contribution in [2.24, 2.45) is 0 Å². The first-order valence-electron chi connectivity index (χ1n) is 5.64. The molecule has 0 spiro atoms. The number of hydrogen-bond donors (Lipinski definition) is 1. The molecule has 1 atom stereocenters. The van der Waals surface area contributed by atoms with E-state index in [-0.39, 0.29) is 17.5 Å². The van der Waals surface area contributed by atoms with Crippen LogP contribution < -0.4 is 10.2 Å². The normalized spacial score (nSPS) is 23.4. The van der Waals surface area contributed by atoms with Gasteiger partial charge in [0.2, 0.25) is 0 Å². The zero-order valence-electron chi connectivity index (χ0n) is 10.0. The third-order valence-electron chi connectivity index (χ3n) is 2.96. The molecule has 1 N–H and O–H groups in total. The molecule has 1 aliphatic heterocycles. The molecule has 0 radical (unpaired) electrons. The molecule has 2 heterocycles. The fraction of sp³-hybridized carbons (Fsp3) is 0.545. The van der Waals surface area contributed by atoms with E-state index in [1.54, 1.807) is 0 Å². The minimum atomic E-state index is -2.87. The Morgan fingerprint density at radius 3 is 2.88 bits per heavy atom. The van der Waals surface area contributed by atoms with Gasteiger partial charge >= 0.3 is 0 Å². The summed E-state index contributed by atoms with van der Waals surface area (Å²) >= 11 is 0. The van der Waals surface area contributed by atoms with Crippen molar-refractivity contribution in [2.45, 2.75) is 13.0 Å². The minimum Gasteiger partial charge on any atom is -0.373 e. The molecule has 0 amide bonds. The van der Waals surface area contributed by atoms with Crippen molar-refractivity contribution in [1.29, 1.82) is 0 Å². The molecule has 5 nitrogen and oxygen atoms in total. The summed E-state index contributed by atoms with van der Waals surface area (Å²) in [6.45, 7) is 2.44. The van der Waals surface area contributed by atoms with Gasteiger partial charge in [-0.2, -0.15) is 0 Å². The molecular weight excluding hydrogens is 238 g/mol. The fourth-order valence-corrected chi connectivity index (χ4v) is 3.62. The van der Waals surface area contributed by atoms with Crippen LogP contribution in [0.3, 0.4) is 0 Å². The third kappa shape index (κ3) is 2.69. The van der Waals surface area contributed by atoms with Gasteiger partial charge in [0.1, 0.15) is 11.6 Å². The number of sulfone groups is 1. The van der Waals surface area contributed by atoms with Crippen LogP contribution in [0.4, 0.5) is 11.6 Å². The van der Waals surface area contributed by atoms with E-state index < -0.39 is 9.84 Å². The average molecular weight is 255 g/mol. The van der Waals surface area contributed by atoms with Crippen molar-refractivity contribution in [3.63, 3.8) is 0 Å². The summed E-state index contributed by atoms with van der Waals surface area (Å²) in [6, 6.07) is 5.70. The molecule has 1 aromatic rings. The van der Waals surface area contributed by atoms with Crippen LogP contribution >= 0.6 is 0 Å². The summed E-state index contributed by atoms with van der Waals surface area (Å²) in [4.78, 5) is 6.48. The number of nitrogens with zero attached hydrogens (tertiary/aromatic N) is 2. The highest BCUT2D eigenvalue weighted by Gasteiger charge is 2.28. The maximum absolute atomic E-state index is 11.5. The Balaban J connectivity index is 2.23. The van der Waals surface area contributed by atoms with Crippen LogP contribution in [0.15, 0.2) is 18.2 Å². The van der Waals surface area contributed by atoms with Gasteiger partial charge in [0, 0.05) is 19.6 Å². The van der Waals surface area contributed by atoms with E-state index in [2.05, 4.69) is 10.3 Å². The quantitative estimate of drug-likeness (QED) is 0.845. The highest BCUT2D eigenvalue weighted by Crippen LogP contribution is 2.20. The van der Waals surface area contributed by atoms with Gasteiger partial charge in [0.15, 0.2) is 9.84 Å². The highest BCUT2D eigenvalue weighted by molar-refractivity contribution is 7.91. The molecule has 1 saturated heterocycles. The number of nitrogens with one attached hydrogen (secondary N) is 1. The van der Waals surface area contributed by atoms with Gasteiger partial charge in [-0.3, -0.25) is 0 Å². The molecule has 0 aliphatic carbocycles. The molecule has 94 valence electrons. The Hall–Kier alpha value is -1.30. The van der Waals surface area contributed by atoms with Crippen molar-refractivity contribution in [2.75, 3.05) is 35.3 Å². The molecule has 1 aliphatic rings. The van der Waals surface area contributed by atoms with Crippen LogP contribution in [-0.2, 0) is 9.84 Å². The van der Waals surface area contributed by atoms with Gasteiger partial charge in [-0.25, -0.2) is 13.4 Å². The van der Waals surface area contributed by atoms with Gasteiger partial charge in [0.05, 0.1) is 11.5 Å². The van der Waals surface area contributed by atoms with E-state index in [1.165, 1.54) is 0 Å². The van der Waals surface area contributed by atoms with Gasteiger partial charge in [0.25, 0.3) is 0 Å². The number of anilines is 2. The zero-order valence-corrected chi connectivity index (χ0v) is 10.9. The average Bonchev–Trinajstić information content (AvgIpc) is 2.28. The number of hydrogen-bond acceptors (Lipinski definition) is 5. The second-order valence-electron chi connectivity index (χ2n) is 4.29. The van der Waals surface area contributed by atoms with E-state index in [4.69, 9.17) is 0 Å². The van der Waals surface area contributed by atoms with Crippen molar-refractivity contribution >= 4 is 21.5 Å². The monoisotopic (exact) mass is 255 g/mol. The first-order chi connectivity index (χ1) is 8.02. The first kappa shape index (κ1) is 12.2. The van der Waals surface area contributed by atoms with Crippen LogP contribution in [0.25, 0.3) is 0 Å². The van der Waals surface area contributed by atoms with Crippen molar-refractivity contribution < 1.29 is 8.42 Å². The maximum atomic E-state index is 11.5. The van der Waals surface area contributed by atoms with Crippen LogP contribution in [-0.4, -0.2) is 44.5 Å². The lowest BCUT2D eigenvalue weighted by Crippen LogP contribution is -2.47. The second kappa shape index (κ2) is 4.52. The fourth-order valence-electron chi connectivity index (χ4n) is 2.06. The predicted octanol–water partition coefficient (Wildman–Crippen LogP) is 0.747. The molecule has 1 aromatic heterocycles. The Labute approximate surface area is 102 Å². The predicted molar refractivity (Wildman–Crippen MR) is 69.2 cm³/mol. The minimum absolute atomic E-state index is 0.0200. The summed E-state index contributed by atoms with van der Waals surface area (Å²) in [5.41, 5.74) is 0. The van der Waals surface area contributed by atoms with E-state index >= 15 is 0 Å². The summed E-state index contributed by atoms with van der Waals surface area (Å²) in [6.07, 6.45) is 0. The van der Waals surface area contributed by atoms with Crippen LogP contribution in [0, 0.1) is 0 Å². The molecule has 6 heteroatoms. The van der Waals surface area contributed by atoms with Gasteiger partial charge in [-0.15, -0.1) is 0 Å². The lowest BCUT2D eigenvalue weighted by atomic mass is 10.3. The van der Waals surface area contributed by atoms with Gasteiger partial charge in [-0.1, -0.05) is 6.07 Å². The lowest BCUT2D eigenvalue weighted by molar-refractivity contribution is 0.567. The summed E-state index contributed by atoms with van der Waals surface area (Å²) in [5, 5.41) is 2.98. The van der Waals surface area contributed by atoms with Crippen molar-refractivity contribution in [1.82, 2.24) is 4.98 Å². The van der Waals surface area contributed by atoms with Crippen molar-refractivity contribution in [3.05, 3.63) is 18.2 Å². The largest absolute Gasteiger partial charge is 0.373 e. The molecule has 2 rings (SSSR count). The number of rotatable bonds is 2. The van der Waals surface area contributed by atoms with Crippen LogP contribution in [0.5, 0.6) is 0 Å². The Bertz CT molecular complexity index is 501. The summed E-state index contributed by atoms with van der Waals surface area (Å²) < 4.78 is 23.0. The SMILES string of the molecule is CNc1cccc(N2CCS(=O)(=O)CC2C)n1. The Morgan fingerprint density at radius 1 is 1.47 bits per heavy atom. The summed E-state index contributed by atoms with van der Waals surface area (Å²) in [7, 11) is -1.06. The van der Waals surface area contributed by atoms with Crippen molar-refractivity contribution in [3.8, 4) is 0 Å². The van der Waals surface area contributed by atoms with E-state index in [1.807, 2.05) is 37.1 Å². The molecule has 1 unspecified atom stereocenters. The highest BCUT2D eigenvalue weighted by atomic mass is 32.2. The molecule has 0 bridgehead atoms. The molecule has 0 saturated carbocycles. The topological polar surface area (TPSA) is 62.3 Å². The van der Waals surface area contributed by atoms with E-state index in [0.717, 1.165) is 11.6 Å². The first-order valence-corrected chi connectivity index (χ1v) is 7.46.